The van der Waals surface area contributed by atoms with E-state index in [4.69, 9.17) is 13.3 Å². The number of rotatable bonds is 0. The van der Waals surface area contributed by atoms with Gasteiger partial charge in [-0.05, 0) is 0 Å². The molecule has 0 unspecified atom stereocenters. The normalized spacial score (nSPS) is 8.29. The van der Waals surface area contributed by atoms with E-state index in [9.17, 15) is 0 Å². The zero-order valence-electron chi connectivity index (χ0n) is 4.83. The van der Waals surface area contributed by atoms with Gasteiger partial charge in [0.15, 0.2) is 17.4 Å². The molecule has 0 bridgehead atoms. The van der Waals surface area contributed by atoms with Crippen LogP contribution in [0.3, 0.4) is 0 Å². The molecule has 0 aliphatic heterocycles. The molecular weight excluding hydrogens is 163 g/mol. The smallest absolute Gasteiger partial charge is 1.00 e. The van der Waals surface area contributed by atoms with Gasteiger partial charge in [-0.2, -0.15) is 4.21 Å². The molecule has 0 aliphatic rings. The maximum atomic E-state index is 9.11. The second kappa shape index (κ2) is 5.72. The SMILES string of the molecule is O=S(O)(O)=S.[AlH3].[H-].[H-].[Mg+2]. The Labute approximate surface area is 76.4 Å². The number of hydrogen-bond donors (Lipinski definition) is 2. The first-order valence-corrected chi connectivity index (χ1v) is 3.10. The van der Waals surface area contributed by atoms with Crippen LogP contribution in [0.1, 0.15) is 2.85 Å². The van der Waals surface area contributed by atoms with E-state index in [-0.39, 0.29) is 43.3 Å². The van der Waals surface area contributed by atoms with Gasteiger partial charge in [0.2, 0.25) is 0 Å². The van der Waals surface area contributed by atoms with Crippen molar-refractivity contribution in [3.05, 3.63) is 0 Å². The van der Waals surface area contributed by atoms with Crippen LogP contribution < -0.4 is 0 Å². The molecule has 0 aromatic carbocycles. The Balaban J connectivity index is -0.0000000133. The van der Waals surface area contributed by atoms with Crippen LogP contribution >= 0.6 is 0 Å². The van der Waals surface area contributed by atoms with E-state index < -0.39 is 9.05 Å². The molecule has 0 rings (SSSR count). The summed E-state index contributed by atoms with van der Waals surface area (Å²) in [5.41, 5.74) is 0. The molecule has 42 valence electrons. The third kappa shape index (κ3) is 93.9. The van der Waals surface area contributed by atoms with Gasteiger partial charge in [0, 0.05) is 11.2 Å². The molecule has 0 saturated heterocycles. The Morgan fingerprint density at radius 1 is 1.57 bits per heavy atom. The van der Waals surface area contributed by atoms with Crippen molar-refractivity contribution < 1.29 is 16.2 Å². The monoisotopic (exact) mass is 170 g/mol. The van der Waals surface area contributed by atoms with Crippen LogP contribution in [-0.4, -0.2) is 53.7 Å². The topological polar surface area (TPSA) is 57.5 Å². The van der Waals surface area contributed by atoms with E-state index in [0.29, 0.717) is 0 Å². The van der Waals surface area contributed by atoms with Crippen LogP contribution in [0.4, 0.5) is 0 Å². The van der Waals surface area contributed by atoms with Crippen molar-refractivity contribution in [1.29, 1.82) is 0 Å². The van der Waals surface area contributed by atoms with Gasteiger partial charge in [0.25, 0.3) is 9.05 Å². The molecule has 7 heteroatoms. The minimum Gasteiger partial charge on any atom is -1.00 e. The fourth-order valence-electron chi connectivity index (χ4n) is 0. The molecule has 0 radical (unpaired) electrons. The van der Waals surface area contributed by atoms with Gasteiger partial charge in [0.1, 0.15) is 0 Å². The zero-order valence-corrected chi connectivity index (χ0v) is 5.87. The largest absolute Gasteiger partial charge is 2.00 e. The quantitative estimate of drug-likeness (QED) is 0.427. The fraction of sp³-hybridized carbons (Fsp3) is 0. The molecule has 0 aromatic rings. The van der Waals surface area contributed by atoms with Crippen molar-refractivity contribution in [2.24, 2.45) is 0 Å². The first-order chi connectivity index (χ1) is 2.00. The molecule has 0 amide bonds. The molecule has 2 N–H and O–H groups in total. The molecule has 3 nitrogen and oxygen atoms in total. The average molecular weight is 170 g/mol. The average Bonchev–Trinajstić information content (AvgIpc) is 0.722. The Bertz CT molecular complexity index is 103. The van der Waals surface area contributed by atoms with Crippen molar-refractivity contribution in [2.45, 2.75) is 0 Å². The predicted octanol–water partition coefficient (Wildman–Crippen LogP) is -1.66. The summed E-state index contributed by atoms with van der Waals surface area (Å²) in [6.45, 7) is 0. The van der Waals surface area contributed by atoms with Crippen molar-refractivity contribution in [3.8, 4) is 0 Å². The van der Waals surface area contributed by atoms with Crippen molar-refractivity contribution in [1.82, 2.24) is 0 Å². The molecule has 0 spiro atoms. The summed E-state index contributed by atoms with van der Waals surface area (Å²) in [5.74, 6) is 0. The van der Waals surface area contributed by atoms with E-state index in [1.165, 1.54) is 0 Å². The molecular formula is H7AlMgO3S2. The molecule has 0 aromatic heterocycles. The van der Waals surface area contributed by atoms with Crippen molar-refractivity contribution in [2.75, 3.05) is 0 Å². The minimum atomic E-state index is -3.83. The third-order valence-electron chi connectivity index (χ3n) is 0. The molecule has 0 aliphatic carbocycles. The van der Waals surface area contributed by atoms with Crippen molar-refractivity contribution in [3.63, 3.8) is 0 Å². The van der Waals surface area contributed by atoms with E-state index in [0.717, 1.165) is 0 Å². The van der Waals surface area contributed by atoms with Gasteiger partial charge in [0.05, 0.1) is 0 Å². The zero-order chi connectivity index (χ0) is 4.50. The fourth-order valence-corrected chi connectivity index (χ4v) is 0. The van der Waals surface area contributed by atoms with Gasteiger partial charge in [-0.3, -0.25) is 9.11 Å². The van der Waals surface area contributed by atoms with E-state index in [1.54, 1.807) is 0 Å². The Hall–Kier alpha value is 1.59. The van der Waals surface area contributed by atoms with Crippen LogP contribution in [0.2, 0.25) is 0 Å². The Kier molecular flexibility index (Phi) is 12.9. The summed E-state index contributed by atoms with van der Waals surface area (Å²) < 4.78 is 24.0. The van der Waals surface area contributed by atoms with Crippen LogP contribution in [0, 0.1) is 0 Å². The van der Waals surface area contributed by atoms with Gasteiger partial charge in [-0.1, -0.05) is 0 Å². The van der Waals surface area contributed by atoms with Gasteiger partial charge < -0.3 is 2.85 Å². The maximum absolute atomic E-state index is 9.11. The summed E-state index contributed by atoms with van der Waals surface area (Å²) >= 11 is 3.47. The van der Waals surface area contributed by atoms with E-state index >= 15 is 0 Å². The summed E-state index contributed by atoms with van der Waals surface area (Å²) in [5, 5.41) is 0. The van der Waals surface area contributed by atoms with Gasteiger partial charge in [-0.25, -0.2) is 0 Å². The van der Waals surface area contributed by atoms with Crippen molar-refractivity contribution >= 4 is 60.7 Å². The minimum absolute atomic E-state index is 0. The first kappa shape index (κ1) is 15.8. The van der Waals surface area contributed by atoms with Gasteiger partial charge in [-0.15, -0.1) is 0 Å². The summed E-state index contributed by atoms with van der Waals surface area (Å²) in [7, 11) is -3.83. The van der Waals surface area contributed by atoms with Gasteiger partial charge >= 0.3 is 23.1 Å². The Morgan fingerprint density at radius 3 is 1.57 bits per heavy atom. The predicted molar refractivity (Wildman–Crippen MR) is 38.7 cm³/mol. The number of hydrogen-bond acceptors (Lipinski definition) is 2. The summed E-state index contributed by atoms with van der Waals surface area (Å²) in [6, 6.07) is 0. The molecule has 7 heavy (non-hydrogen) atoms. The van der Waals surface area contributed by atoms with Crippen LogP contribution in [0.5, 0.6) is 0 Å². The van der Waals surface area contributed by atoms with Crippen LogP contribution in [0.15, 0.2) is 0 Å². The Morgan fingerprint density at radius 2 is 1.57 bits per heavy atom. The second-order valence-corrected chi connectivity index (χ2v) is 2.65. The summed E-state index contributed by atoms with van der Waals surface area (Å²) in [6.07, 6.45) is 0. The molecule has 0 saturated carbocycles. The third-order valence-corrected chi connectivity index (χ3v) is 0. The van der Waals surface area contributed by atoms with E-state index in [2.05, 4.69) is 11.2 Å². The molecule has 0 heterocycles. The second-order valence-electron chi connectivity index (χ2n) is 0.448. The molecule has 0 fully saturated rings. The van der Waals surface area contributed by atoms with Crippen LogP contribution in [-0.2, 0) is 20.2 Å². The standard InChI is InChI=1S/Al.Mg.H2O3S2.5H/c;;1-5(2,3)4;;;;;/h;;(H2,1,2,3,4);;;;;/q;+2;;;;;2*-1. The maximum Gasteiger partial charge on any atom is 2.00 e. The van der Waals surface area contributed by atoms with E-state index in [1.807, 2.05) is 0 Å². The first-order valence-electron chi connectivity index (χ1n) is 0.698. The summed E-state index contributed by atoms with van der Waals surface area (Å²) in [4.78, 5) is 0. The molecule has 0 atom stereocenters. The van der Waals surface area contributed by atoms with Crippen LogP contribution in [0.25, 0.3) is 0 Å².